The standard InChI is InChI=1S/C19H28N4O2.ClH/c24-17-8-4-5-12-23(17)18(16-6-2-1-3-7-16)19(25)21-11-15-22-13-9-20-10-14-22;/h1-3,6-7,18,20H,4-5,8-15H2,(H,21,25);1H. The molecule has 2 aliphatic rings. The van der Waals surface area contributed by atoms with Crippen LogP contribution in [0.2, 0.25) is 0 Å². The molecule has 2 heterocycles. The second-order valence-corrected chi connectivity index (χ2v) is 6.74. The lowest BCUT2D eigenvalue weighted by molar-refractivity contribution is -0.142. The Balaban J connectivity index is 0.00000243. The van der Waals surface area contributed by atoms with Gasteiger partial charge < -0.3 is 15.5 Å². The first-order chi connectivity index (χ1) is 12.3. The number of piperidine rings is 1. The van der Waals surface area contributed by atoms with Crippen LogP contribution in [0.15, 0.2) is 30.3 Å². The lowest BCUT2D eigenvalue weighted by atomic mass is 10.0. The van der Waals surface area contributed by atoms with Crippen LogP contribution in [0, 0.1) is 0 Å². The molecule has 1 unspecified atom stereocenters. The van der Waals surface area contributed by atoms with Crippen molar-refractivity contribution in [2.45, 2.75) is 25.3 Å². The third kappa shape index (κ3) is 5.43. The van der Waals surface area contributed by atoms with Crippen LogP contribution in [-0.2, 0) is 9.59 Å². The number of amides is 2. The van der Waals surface area contributed by atoms with Crippen LogP contribution < -0.4 is 10.6 Å². The maximum absolute atomic E-state index is 12.9. The third-order valence-corrected chi connectivity index (χ3v) is 4.97. The largest absolute Gasteiger partial charge is 0.353 e. The molecule has 26 heavy (non-hydrogen) atoms. The highest BCUT2D eigenvalue weighted by Gasteiger charge is 2.32. The smallest absolute Gasteiger partial charge is 0.247 e. The SMILES string of the molecule is Cl.O=C(NCCN1CCNCC1)C(c1ccccc1)N1CCCCC1=O. The molecule has 2 N–H and O–H groups in total. The van der Waals surface area contributed by atoms with Crippen molar-refractivity contribution in [3.8, 4) is 0 Å². The van der Waals surface area contributed by atoms with Crippen molar-refractivity contribution in [2.75, 3.05) is 45.8 Å². The lowest BCUT2D eigenvalue weighted by Crippen LogP contribution is -2.49. The van der Waals surface area contributed by atoms with Crippen molar-refractivity contribution in [3.05, 3.63) is 35.9 Å². The Labute approximate surface area is 161 Å². The predicted octanol–water partition coefficient (Wildman–Crippen LogP) is 1.18. The molecule has 0 aromatic heterocycles. The van der Waals surface area contributed by atoms with Crippen LogP contribution >= 0.6 is 12.4 Å². The molecular formula is C19H29ClN4O2. The molecule has 0 bridgehead atoms. The van der Waals surface area contributed by atoms with Crippen molar-refractivity contribution in [2.24, 2.45) is 0 Å². The van der Waals surface area contributed by atoms with Crippen LogP contribution in [-0.4, -0.2) is 67.4 Å². The van der Waals surface area contributed by atoms with E-state index in [1.54, 1.807) is 4.90 Å². The van der Waals surface area contributed by atoms with E-state index in [1.807, 2.05) is 30.3 Å². The summed E-state index contributed by atoms with van der Waals surface area (Å²) in [6, 6.07) is 9.12. The summed E-state index contributed by atoms with van der Waals surface area (Å²) >= 11 is 0. The molecule has 6 nitrogen and oxygen atoms in total. The molecule has 2 saturated heterocycles. The second kappa shape index (κ2) is 10.5. The van der Waals surface area contributed by atoms with Gasteiger partial charge in [0.25, 0.3) is 0 Å². The molecule has 2 amide bonds. The van der Waals surface area contributed by atoms with Crippen LogP contribution in [0.3, 0.4) is 0 Å². The van der Waals surface area contributed by atoms with E-state index in [0.717, 1.165) is 51.1 Å². The van der Waals surface area contributed by atoms with Gasteiger partial charge in [0, 0.05) is 52.2 Å². The zero-order valence-corrected chi connectivity index (χ0v) is 16.0. The average Bonchev–Trinajstić information content (AvgIpc) is 2.65. The number of benzene rings is 1. The zero-order valence-electron chi connectivity index (χ0n) is 15.2. The number of rotatable bonds is 6. The van der Waals surface area contributed by atoms with Crippen molar-refractivity contribution < 1.29 is 9.59 Å². The Hall–Kier alpha value is -1.63. The number of hydrogen-bond acceptors (Lipinski definition) is 4. The Kier molecular flexibility index (Phi) is 8.35. The number of hydrogen-bond donors (Lipinski definition) is 2. The average molecular weight is 381 g/mol. The van der Waals surface area contributed by atoms with Gasteiger partial charge in [-0.15, -0.1) is 12.4 Å². The van der Waals surface area contributed by atoms with Gasteiger partial charge in [-0.3, -0.25) is 14.5 Å². The van der Waals surface area contributed by atoms with Crippen molar-refractivity contribution in [3.63, 3.8) is 0 Å². The minimum absolute atomic E-state index is 0. The minimum atomic E-state index is -0.517. The lowest BCUT2D eigenvalue weighted by Gasteiger charge is -2.34. The number of nitrogens with one attached hydrogen (secondary N) is 2. The number of nitrogens with zero attached hydrogens (tertiary/aromatic N) is 2. The van der Waals surface area contributed by atoms with Gasteiger partial charge in [-0.25, -0.2) is 0 Å². The third-order valence-electron chi connectivity index (χ3n) is 4.97. The fraction of sp³-hybridized carbons (Fsp3) is 0.579. The fourth-order valence-electron chi connectivity index (χ4n) is 3.58. The summed E-state index contributed by atoms with van der Waals surface area (Å²) < 4.78 is 0. The van der Waals surface area contributed by atoms with Gasteiger partial charge in [0.1, 0.15) is 6.04 Å². The number of halogens is 1. The van der Waals surface area contributed by atoms with Crippen molar-refractivity contribution >= 4 is 24.2 Å². The molecule has 0 aliphatic carbocycles. The normalized spacial score (nSPS) is 19.5. The van der Waals surface area contributed by atoms with Gasteiger partial charge in [0.15, 0.2) is 0 Å². The highest BCUT2D eigenvalue weighted by atomic mass is 35.5. The summed E-state index contributed by atoms with van der Waals surface area (Å²) in [6.45, 7) is 6.16. The first kappa shape index (κ1) is 20.7. The van der Waals surface area contributed by atoms with E-state index >= 15 is 0 Å². The molecule has 1 aromatic carbocycles. The zero-order chi connectivity index (χ0) is 17.5. The van der Waals surface area contributed by atoms with Gasteiger partial charge in [0.2, 0.25) is 11.8 Å². The topological polar surface area (TPSA) is 64.7 Å². The minimum Gasteiger partial charge on any atom is -0.353 e. The summed E-state index contributed by atoms with van der Waals surface area (Å²) in [6.07, 6.45) is 2.42. The molecule has 0 saturated carbocycles. The molecule has 0 spiro atoms. The van der Waals surface area contributed by atoms with Gasteiger partial charge >= 0.3 is 0 Å². The number of carbonyl (C=O) groups is 2. The Bertz CT molecular complexity index is 578. The molecule has 1 atom stereocenters. The Morgan fingerprint density at radius 2 is 1.85 bits per heavy atom. The van der Waals surface area contributed by atoms with Crippen LogP contribution in [0.5, 0.6) is 0 Å². The predicted molar refractivity (Wildman–Crippen MR) is 104 cm³/mol. The summed E-state index contributed by atoms with van der Waals surface area (Å²) in [5.41, 5.74) is 0.887. The summed E-state index contributed by atoms with van der Waals surface area (Å²) in [5.74, 6) is 0.00828. The van der Waals surface area contributed by atoms with E-state index < -0.39 is 6.04 Å². The van der Waals surface area contributed by atoms with Gasteiger partial charge in [-0.05, 0) is 18.4 Å². The maximum Gasteiger partial charge on any atom is 0.247 e. The number of piperazine rings is 1. The van der Waals surface area contributed by atoms with Gasteiger partial charge in [0.05, 0.1) is 0 Å². The molecule has 0 radical (unpaired) electrons. The molecule has 7 heteroatoms. The molecule has 2 fully saturated rings. The molecule has 2 aliphatic heterocycles. The molecule has 1 aromatic rings. The highest BCUT2D eigenvalue weighted by Crippen LogP contribution is 2.25. The van der Waals surface area contributed by atoms with E-state index in [9.17, 15) is 9.59 Å². The van der Waals surface area contributed by atoms with E-state index in [1.165, 1.54) is 0 Å². The first-order valence-electron chi connectivity index (χ1n) is 9.31. The van der Waals surface area contributed by atoms with Crippen molar-refractivity contribution in [1.82, 2.24) is 20.4 Å². The van der Waals surface area contributed by atoms with E-state index in [-0.39, 0.29) is 24.2 Å². The quantitative estimate of drug-likeness (QED) is 0.778. The van der Waals surface area contributed by atoms with Gasteiger partial charge in [-0.2, -0.15) is 0 Å². The van der Waals surface area contributed by atoms with E-state index in [4.69, 9.17) is 0 Å². The second-order valence-electron chi connectivity index (χ2n) is 6.74. The van der Waals surface area contributed by atoms with Crippen LogP contribution in [0.25, 0.3) is 0 Å². The van der Waals surface area contributed by atoms with Crippen LogP contribution in [0.1, 0.15) is 30.9 Å². The summed E-state index contributed by atoms with van der Waals surface area (Å²) in [5, 5.41) is 6.38. The van der Waals surface area contributed by atoms with Crippen molar-refractivity contribution in [1.29, 1.82) is 0 Å². The Morgan fingerprint density at radius 1 is 1.12 bits per heavy atom. The number of carbonyl (C=O) groups excluding carboxylic acids is 2. The molecule has 144 valence electrons. The van der Waals surface area contributed by atoms with Gasteiger partial charge in [-0.1, -0.05) is 30.3 Å². The summed E-state index contributed by atoms with van der Waals surface area (Å²) in [4.78, 5) is 29.4. The maximum atomic E-state index is 12.9. The Morgan fingerprint density at radius 3 is 2.54 bits per heavy atom. The highest BCUT2D eigenvalue weighted by molar-refractivity contribution is 5.89. The first-order valence-corrected chi connectivity index (χ1v) is 9.31. The number of likely N-dealkylation sites (tertiary alicyclic amines) is 1. The van der Waals surface area contributed by atoms with E-state index in [2.05, 4.69) is 15.5 Å². The van der Waals surface area contributed by atoms with Crippen LogP contribution in [0.4, 0.5) is 0 Å². The fourth-order valence-corrected chi connectivity index (χ4v) is 3.58. The van der Waals surface area contributed by atoms with E-state index in [0.29, 0.717) is 19.5 Å². The monoisotopic (exact) mass is 380 g/mol. The molecular weight excluding hydrogens is 352 g/mol. The summed E-state index contributed by atoms with van der Waals surface area (Å²) in [7, 11) is 0. The molecule has 3 rings (SSSR count).